The molecule has 0 spiro atoms. The Morgan fingerprint density at radius 2 is 2.08 bits per heavy atom. The van der Waals surface area contributed by atoms with Gasteiger partial charge in [0.1, 0.15) is 5.65 Å². The highest BCUT2D eigenvalue weighted by atomic mass is 16.5. The number of methoxy groups -OCH3 is 1. The first-order chi connectivity index (χ1) is 17.4. The van der Waals surface area contributed by atoms with E-state index in [-0.39, 0.29) is 23.7 Å². The molecule has 2 N–H and O–H groups in total. The Morgan fingerprint density at radius 1 is 1.31 bits per heavy atom. The summed E-state index contributed by atoms with van der Waals surface area (Å²) in [5.41, 5.74) is 3.66. The standard InChI is InChI=1S/C28H34N4O4/c1-18(2)12-13-19(3)30-21-15-23-24(31-27(33)20-9-6-5-7-10-20)25(28(34)35-4)32(26(23)29-16-21)17-22-11-8-14-36-22/h5-7,9-10,15-16,19,22,30H,1,8,11-14,17H2,2-4H3,(H,31,33)/t19-,22+/m1/s1. The monoisotopic (exact) mass is 490 g/mol. The zero-order valence-electron chi connectivity index (χ0n) is 21.2. The topological polar surface area (TPSA) is 94.5 Å². The maximum atomic E-state index is 13.1. The van der Waals surface area contributed by atoms with Crippen LogP contribution in [-0.2, 0) is 16.0 Å². The van der Waals surface area contributed by atoms with Gasteiger partial charge in [-0.25, -0.2) is 9.78 Å². The largest absolute Gasteiger partial charge is 0.464 e. The molecule has 3 aromatic rings. The Balaban J connectivity index is 1.78. The van der Waals surface area contributed by atoms with Gasteiger partial charge in [-0.15, -0.1) is 6.58 Å². The van der Waals surface area contributed by atoms with E-state index in [9.17, 15) is 9.59 Å². The van der Waals surface area contributed by atoms with Gasteiger partial charge in [0.05, 0.1) is 37.3 Å². The van der Waals surface area contributed by atoms with Crippen LogP contribution in [0.3, 0.4) is 0 Å². The molecule has 36 heavy (non-hydrogen) atoms. The highest BCUT2D eigenvalue weighted by Gasteiger charge is 2.29. The Morgan fingerprint density at radius 3 is 2.75 bits per heavy atom. The van der Waals surface area contributed by atoms with Gasteiger partial charge in [-0.1, -0.05) is 23.8 Å². The Labute approximate surface area is 211 Å². The summed E-state index contributed by atoms with van der Waals surface area (Å²) >= 11 is 0. The second-order valence-electron chi connectivity index (χ2n) is 9.42. The number of hydrogen-bond acceptors (Lipinski definition) is 6. The van der Waals surface area contributed by atoms with Gasteiger partial charge >= 0.3 is 5.97 Å². The van der Waals surface area contributed by atoms with Crippen LogP contribution in [0.4, 0.5) is 11.4 Å². The quantitative estimate of drug-likeness (QED) is 0.291. The van der Waals surface area contributed by atoms with E-state index in [2.05, 4.69) is 24.1 Å². The SMILES string of the molecule is C=C(C)CC[C@@H](C)Nc1cnc2c(c1)c(NC(=O)c1ccccc1)c(C(=O)OC)n2C[C@@H]1CCCO1. The number of aromatic nitrogens is 2. The van der Waals surface area contributed by atoms with E-state index < -0.39 is 5.97 Å². The summed E-state index contributed by atoms with van der Waals surface area (Å²) in [5, 5.41) is 7.11. The third-order valence-electron chi connectivity index (χ3n) is 6.38. The third-order valence-corrected chi connectivity index (χ3v) is 6.38. The van der Waals surface area contributed by atoms with Gasteiger partial charge in [-0.3, -0.25) is 4.79 Å². The number of carbonyl (C=O) groups excluding carboxylic acids is 2. The molecule has 1 amide bonds. The van der Waals surface area contributed by atoms with Crippen LogP contribution >= 0.6 is 0 Å². The lowest BCUT2D eigenvalue weighted by Crippen LogP contribution is -2.21. The number of fused-ring (bicyclic) bond motifs is 1. The second-order valence-corrected chi connectivity index (χ2v) is 9.42. The van der Waals surface area contributed by atoms with E-state index in [4.69, 9.17) is 14.5 Å². The Hall–Kier alpha value is -3.65. The van der Waals surface area contributed by atoms with Crippen molar-refractivity contribution in [2.24, 2.45) is 0 Å². The number of ether oxygens (including phenoxy) is 2. The molecule has 0 bridgehead atoms. The van der Waals surface area contributed by atoms with Crippen LogP contribution < -0.4 is 10.6 Å². The summed E-state index contributed by atoms with van der Waals surface area (Å²) < 4.78 is 12.8. The van der Waals surface area contributed by atoms with Gasteiger partial charge in [0.2, 0.25) is 0 Å². The van der Waals surface area contributed by atoms with Crippen molar-refractivity contribution < 1.29 is 19.1 Å². The third kappa shape index (κ3) is 5.76. The summed E-state index contributed by atoms with van der Waals surface area (Å²) in [6.07, 6.45) is 5.44. The molecular formula is C28H34N4O4. The normalized spacial score (nSPS) is 16.0. The van der Waals surface area contributed by atoms with Crippen LogP contribution in [0, 0.1) is 0 Å². The molecule has 190 valence electrons. The lowest BCUT2D eigenvalue weighted by molar-refractivity contribution is 0.0580. The number of allylic oxidation sites excluding steroid dienone is 1. The predicted octanol–water partition coefficient (Wildman–Crippen LogP) is 5.41. The fourth-order valence-corrected chi connectivity index (χ4v) is 4.50. The molecule has 1 saturated heterocycles. The average molecular weight is 491 g/mol. The fourth-order valence-electron chi connectivity index (χ4n) is 4.50. The van der Waals surface area contributed by atoms with Crippen LogP contribution in [0.5, 0.6) is 0 Å². The van der Waals surface area contributed by atoms with Crippen LogP contribution in [0.15, 0.2) is 54.7 Å². The van der Waals surface area contributed by atoms with E-state index in [1.54, 1.807) is 30.5 Å². The minimum atomic E-state index is -0.543. The first-order valence-electron chi connectivity index (χ1n) is 12.4. The molecule has 8 nitrogen and oxygen atoms in total. The van der Waals surface area contributed by atoms with Crippen molar-refractivity contribution in [1.82, 2.24) is 9.55 Å². The summed E-state index contributed by atoms with van der Waals surface area (Å²) in [5.74, 6) is -0.858. The van der Waals surface area contributed by atoms with E-state index >= 15 is 0 Å². The minimum Gasteiger partial charge on any atom is -0.464 e. The number of esters is 1. The van der Waals surface area contributed by atoms with Gasteiger partial charge in [0.25, 0.3) is 5.91 Å². The van der Waals surface area contributed by atoms with Crippen molar-refractivity contribution >= 4 is 34.3 Å². The van der Waals surface area contributed by atoms with Crippen molar-refractivity contribution in [3.63, 3.8) is 0 Å². The van der Waals surface area contributed by atoms with E-state index in [1.807, 2.05) is 23.6 Å². The zero-order valence-corrected chi connectivity index (χ0v) is 21.2. The highest BCUT2D eigenvalue weighted by molar-refractivity contribution is 6.14. The van der Waals surface area contributed by atoms with E-state index in [1.165, 1.54) is 7.11 Å². The van der Waals surface area contributed by atoms with E-state index in [0.29, 0.717) is 35.4 Å². The number of hydrogen-bond donors (Lipinski definition) is 2. The number of rotatable bonds is 10. The minimum absolute atomic E-state index is 0.0385. The molecule has 1 aliphatic heterocycles. The first kappa shape index (κ1) is 25.4. The average Bonchev–Trinajstić information content (AvgIpc) is 3.49. The van der Waals surface area contributed by atoms with Crippen molar-refractivity contribution in [3.05, 3.63) is 66.0 Å². The van der Waals surface area contributed by atoms with Crippen molar-refractivity contribution in [2.75, 3.05) is 24.4 Å². The molecule has 1 fully saturated rings. The molecule has 4 rings (SSSR count). The second kappa shape index (κ2) is 11.4. The smallest absolute Gasteiger partial charge is 0.356 e. The predicted molar refractivity (Wildman–Crippen MR) is 142 cm³/mol. The molecule has 1 aromatic carbocycles. The molecule has 2 aromatic heterocycles. The molecule has 0 radical (unpaired) electrons. The van der Waals surface area contributed by atoms with Gasteiger partial charge < -0.3 is 24.7 Å². The van der Waals surface area contributed by atoms with Gasteiger partial charge in [0, 0.05) is 23.6 Å². The number of anilines is 2. The lowest BCUT2D eigenvalue weighted by atomic mass is 10.1. The summed E-state index contributed by atoms with van der Waals surface area (Å²) in [6, 6.07) is 11.0. The molecule has 0 aliphatic carbocycles. The number of amides is 1. The van der Waals surface area contributed by atoms with Gasteiger partial charge in [-0.05, 0) is 57.7 Å². The first-order valence-corrected chi connectivity index (χ1v) is 12.4. The van der Waals surface area contributed by atoms with Crippen LogP contribution in [0.2, 0.25) is 0 Å². The molecule has 8 heteroatoms. The summed E-state index contributed by atoms with van der Waals surface area (Å²) in [7, 11) is 1.34. The summed E-state index contributed by atoms with van der Waals surface area (Å²) in [6.45, 7) is 9.24. The van der Waals surface area contributed by atoms with Crippen molar-refractivity contribution in [1.29, 1.82) is 0 Å². The summed E-state index contributed by atoms with van der Waals surface area (Å²) in [4.78, 5) is 30.9. The Kier molecular flexibility index (Phi) is 8.05. The Bertz CT molecular complexity index is 1250. The molecule has 1 aliphatic rings. The molecule has 0 saturated carbocycles. The molecule has 3 heterocycles. The maximum Gasteiger partial charge on any atom is 0.356 e. The fraction of sp³-hybridized carbons (Fsp3) is 0.393. The highest BCUT2D eigenvalue weighted by Crippen LogP contribution is 2.34. The molecular weight excluding hydrogens is 456 g/mol. The zero-order chi connectivity index (χ0) is 25.7. The van der Waals surface area contributed by atoms with E-state index in [0.717, 1.165) is 36.9 Å². The van der Waals surface area contributed by atoms with Crippen molar-refractivity contribution in [2.45, 2.75) is 58.2 Å². The van der Waals surface area contributed by atoms with Crippen LogP contribution in [0.1, 0.15) is 60.4 Å². The molecule has 2 atom stereocenters. The lowest BCUT2D eigenvalue weighted by Gasteiger charge is -2.16. The number of nitrogens with zero attached hydrogens (tertiary/aromatic N) is 2. The number of nitrogens with one attached hydrogen (secondary N) is 2. The van der Waals surface area contributed by atoms with Crippen LogP contribution in [-0.4, -0.2) is 47.3 Å². The maximum absolute atomic E-state index is 13.1. The van der Waals surface area contributed by atoms with Crippen LogP contribution in [0.25, 0.3) is 11.0 Å². The number of carbonyl (C=O) groups is 2. The van der Waals surface area contributed by atoms with Gasteiger partial charge in [0.15, 0.2) is 5.69 Å². The van der Waals surface area contributed by atoms with Gasteiger partial charge in [-0.2, -0.15) is 0 Å². The van der Waals surface area contributed by atoms with Crippen molar-refractivity contribution in [3.8, 4) is 0 Å². The molecule has 0 unspecified atom stereocenters. The number of pyridine rings is 1. The number of benzene rings is 1.